The van der Waals surface area contributed by atoms with Crippen LogP contribution in [0.2, 0.25) is 0 Å². The third kappa shape index (κ3) is 48.0. The highest BCUT2D eigenvalue weighted by Crippen LogP contribution is 2.43. The minimum atomic E-state index is -4.38. The van der Waals surface area contributed by atoms with Gasteiger partial charge in [-0.25, -0.2) is 4.57 Å². The number of phosphoric ester groups is 1. The first-order chi connectivity index (χ1) is 30.0. The second-order valence-electron chi connectivity index (χ2n) is 18.9. The third-order valence-corrected chi connectivity index (χ3v) is 12.4. The fraction of sp³-hybridized carbons (Fsp3) is 0.885. The predicted octanol–water partition coefficient (Wildman–Crippen LogP) is 15.5. The normalized spacial score (nSPS) is 13.6. The molecule has 0 bridgehead atoms. The van der Waals surface area contributed by atoms with Gasteiger partial charge in [0.1, 0.15) is 19.8 Å². The quantitative estimate of drug-likeness (QED) is 0.0211. The van der Waals surface area contributed by atoms with E-state index < -0.39 is 32.5 Å². The summed E-state index contributed by atoms with van der Waals surface area (Å²) in [4.78, 5) is 35.5. The van der Waals surface area contributed by atoms with Crippen LogP contribution in [-0.4, -0.2) is 74.9 Å². The number of phosphoric acid groups is 1. The SMILES string of the molecule is CCCCCCCC/C=C/CCCCCCCC(=O)O[C@@H](COC(=O)CCC/C=C/CCCCCCCCCCCCCCCCCCCC)COP(=O)(O)OCC[N+](C)(C)C. The van der Waals surface area contributed by atoms with Gasteiger partial charge in [0.2, 0.25) is 0 Å². The minimum absolute atomic E-state index is 0.0280. The minimum Gasteiger partial charge on any atom is -0.462 e. The van der Waals surface area contributed by atoms with Crippen LogP contribution < -0.4 is 0 Å². The van der Waals surface area contributed by atoms with Crippen LogP contribution in [0.1, 0.15) is 245 Å². The number of likely N-dealkylation sites (N-methyl/N-ethyl adjacent to an activating group) is 1. The van der Waals surface area contributed by atoms with Crippen molar-refractivity contribution in [1.82, 2.24) is 0 Å². The maximum Gasteiger partial charge on any atom is 0.472 e. The predicted molar refractivity (Wildman–Crippen MR) is 261 cm³/mol. The number of nitrogens with zero attached hydrogens (tertiary/aromatic N) is 1. The molecule has 0 rings (SSSR count). The Bertz CT molecular complexity index is 1110. The monoisotopic (exact) mass is 899 g/mol. The van der Waals surface area contributed by atoms with Gasteiger partial charge in [0.05, 0.1) is 27.7 Å². The molecule has 0 fully saturated rings. The van der Waals surface area contributed by atoms with Crippen LogP contribution in [0.4, 0.5) is 0 Å². The molecule has 0 spiro atoms. The first kappa shape index (κ1) is 60.5. The number of carbonyl (C=O) groups excluding carboxylic acids is 2. The van der Waals surface area contributed by atoms with Gasteiger partial charge in [0.15, 0.2) is 6.10 Å². The van der Waals surface area contributed by atoms with Gasteiger partial charge in [-0.15, -0.1) is 0 Å². The number of hydrogen-bond acceptors (Lipinski definition) is 7. The molecule has 0 aliphatic rings. The zero-order valence-corrected chi connectivity index (χ0v) is 42.3. The van der Waals surface area contributed by atoms with Gasteiger partial charge in [0.25, 0.3) is 0 Å². The molecule has 0 saturated heterocycles. The molecule has 62 heavy (non-hydrogen) atoms. The molecule has 366 valence electrons. The molecule has 0 amide bonds. The zero-order valence-electron chi connectivity index (χ0n) is 41.4. The van der Waals surface area contributed by atoms with E-state index in [0.717, 1.165) is 44.9 Å². The van der Waals surface area contributed by atoms with E-state index in [0.29, 0.717) is 23.9 Å². The number of ether oxygens (including phenoxy) is 2. The molecule has 0 aliphatic heterocycles. The Morgan fingerprint density at radius 1 is 0.484 bits per heavy atom. The second-order valence-corrected chi connectivity index (χ2v) is 20.4. The molecule has 0 aromatic carbocycles. The Kier molecular flexibility index (Phi) is 43.6. The van der Waals surface area contributed by atoms with Gasteiger partial charge in [-0.1, -0.05) is 199 Å². The lowest BCUT2D eigenvalue weighted by Crippen LogP contribution is -2.37. The maximum atomic E-state index is 12.7. The van der Waals surface area contributed by atoms with Crippen LogP contribution in [0.5, 0.6) is 0 Å². The second kappa shape index (κ2) is 44.7. The topological polar surface area (TPSA) is 108 Å². The van der Waals surface area contributed by atoms with Crippen LogP contribution >= 0.6 is 7.82 Å². The van der Waals surface area contributed by atoms with Crippen molar-refractivity contribution in [2.45, 2.75) is 251 Å². The van der Waals surface area contributed by atoms with Crippen molar-refractivity contribution < 1.29 is 42.1 Å². The maximum absolute atomic E-state index is 12.7. The molecule has 1 N–H and O–H groups in total. The summed E-state index contributed by atoms with van der Waals surface area (Å²) in [6, 6.07) is 0. The largest absolute Gasteiger partial charge is 0.472 e. The molecule has 1 unspecified atom stereocenters. The van der Waals surface area contributed by atoms with Crippen LogP contribution in [-0.2, 0) is 32.7 Å². The van der Waals surface area contributed by atoms with Crippen LogP contribution in [0, 0.1) is 0 Å². The summed E-state index contributed by atoms with van der Waals surface area (Å²) in [6.45, 7) is 4.42. The molecule has 0 radical (unpaired) electrons. The van der Waals surface area contributed by atoms with Crippen LogP contribution in [0.3, 0.4) is 0 Å². The molecule has 0 aromatic rings. The Morgan fingerprint density at radius 3 is 1.24 bits per heavy atom. The lowest BCUT2D eigenvalue weighted by molar-refractivity contribution is -0.870. The third-order valence-electron chi connectivity index (χ3n) is 11.5. The number of quaternary nitrogens is 1. The van der Waals surface area contributed by atoms with E-state index in [2.05, 4.69) is 38.2 Å². The van der Waals surface area contributed by atoms with E-state index in [9.17, 15) is 19.0 Å². The zero-order chi connectivity index (χ0) is 45.7. The van der Waals surface area contributed by atoms with Crippen molar-refractivity contribution in [3.05, 3.63) is 24.3 Å². The molecular formula is C52H101NO8P+. The summed E-state index contributed by atoms with van der Waals surface area (Å²) in [6.07, 6.45) is 51.0. The molecule has 0 heterocycles. The highest BCUT2D eigenvalue weighted by Gasteiger charge is 2.27. The molecule has 2 atom stereocenters. The summed E-state index contributed by atoms with van der Waals surface area (Å²) in [5.41, 5.74) is 0. The van der Waals surface area contributed by atoms with Gasteiger partial charge in [-0.05, 0) is 57.8 Å². The fourth-order valence-corrected chi connectivity index (χ4v) is 8.11. The number of allylic oxidation sites excluding steroid dienone is 4. The number of esters is 2. The van der Waals surface area contributed by atoms with E-state index in [4.69, 9.17) is 18.5 Å². The van der Waals surface area contributed by atoms with E-state index in [1.54, 1.807) is 0 Å². The summed E-state index contributed by atoms with van der Waals surface area (Å²) in [5, 5.41) is 0. The van der Waals surface area contributed by atoms with Gasteiger partial charge in [0, 0.05) is 12.8 Å². The lowest BCUT2D eigenvalue weighted by Gasteiger charge is -2.24. The smallest absolute Gasteiger partial charge is 0.462 e. The number of unbranched alkanes of at least 4 members (excludes halogenated alkanes) is 30. The molecule has 0 saturated carbocycles. The summed E-state index contributed by atoms with van der Waals surface area (Å²) >= 11 is 0. The summed E-state index contributed by atoms with van der Waals surface area (Å²) in [7, 11) is 1.47. The van der Waals surface area contributed by atoms with Crippen molar-refractivity contribution >= 4 is 19.8 Å². The van der Waals surface area contributed by atoms with Crippen molar-refractivity contribution in [3.63, 3.8) is 0 Å². The van der Waals surface area contributed by atoms with Crippen molar-refractivity contribution in [2.75, 3.05) is 47.5 Å². The molecular weight excluding hydrogens is 798 g/mol. The average molecular weight is 899 g/mol. The number of carbonyl (C=O) groups is 2. The number of rotatable bonds is 48. The van der Waals surface area contributed by atoms with E-state index in [1.165, 1.54) is 161 Å². The molecule has 0 aromatic heterocycles. The van der Waals surface area contributed by atoms with E-state index >= 15 is 0 Å². The molecule has 0 aliphatic carbocycles. The van der Waals surface area contributed by atoms with Crippen molar-refractivity contribution in [2.24, 2.45) is 0 Å². The van der Waals surface area contributed by atoms with Crippen molar-refractivity contribution in [3.8, 4) is 0 Å². The Labute approximate surface area is 383 Å². The Morgan fingerprint density at radius 2 is 0.839 bits per heavy atom. The van der Waals surface area contributed by atoms with Crippen molar-refractivity contribution in [1.29, 1.82) is 0 Å². The summed E-state index contributed by atoms with van der Waals surface area (Å²) < 4.78 is 34.4. The lowest BCUT2D eigenvalue weighted by atomic mass is 10.0. The molecule has 10 heteroatoms. The van der Waals surface area contributed by atoms with E-state index in [1.807, 2.05) is 21.1 Å². The van der Waals surface area contributed by atoms with Crippen LogP contribution in [0.15, 0.2) is 24.3 Å². The van der Waals surface area contributed by atoms with Crippen LogP contribution in [0.25, 0.3) is 0 Å². The fourth-order valence-electron chi connectivity index (χ4n) is 7.37. The standard InChI is InChI=1S/C52H100NO8P/c1-6-8-10-12-14-16-18-20-22-23-24-25-26-27-28-29-31-32-34-36-38-40-42-44-51(54)58-48-50(49-60-62(56,57)59-47-46-53(3,4)5)61-52(55)45-43-41-39-37-35-33-30-21-19-17-15-13-11-9-7-2/h21,30,36,38,50H,6-20,22-29,31-35,37,39-49H2,1-5H3/p+1/b30-21+,38-36+/t50-/m0/s1. The van der Waals surface area contributed by atoms with E-state index in [-0.39, 0.29) is 26.1 Å². The van der Waals surface area contributed by atoms with Gasteiger partial charge in [-0.2, -0.15) is 0 Å². The van der Waals surface area contributed by atoms with Gasteiger partial charge < -0.3 is 18.9 Å². The Hall–Kier alpha value is -1.51. The first-order valence-corrected chi connectivity index (χ1v) is 27.6. The highest BCUT2D eigenvalue weighted by atomic mass is 31.2. The average Bonchev–Trinajstić information content (AvgIpc) is 3.23. The summed E-state index contributed by atoms with van der Waals surface area (Å²) in [5.74, 6) is -0.836. The molecule has 9 nitrogen and oxygen atoms in total. The van der Waals surface area contributed by atoms with Gasteiger partial charge >= 0.3 is 19.8 Å². The van der Waals surface area contributed by atoms with Gasteiger partial charge in [-0.3, -0.25) is 18.6 Å². The first-order valence-electron chi connectivity index (χ1n) is 26.1. The number of hydrogen-bond donors (Lipinski definition) is 1. The Balaban J connectivity index is 4.22. The highest BCUT2D eigenvalue weighted by molar-refractivity contribution is 7.47.